The van der Waals surface area contributed by atoms with Gasteiger partial charge in [-0.25, -0.2) is 0 Å². The van der Waals surface area contributed by atoms with Crippen LogP contribution in [0.4, 0.5) is 0 Å². The first-order valence-electron chi connectivity index (χ1n) is 8.44. The molecule has 1 aromatic rings. The van der Waals surface area contributed by atoms with Crippen LogP contribution in [0.1, 0.15) is 31.2 Å². The fourth-order valence-electron chi connectivity index (χ4n) is 2.99. The number of likely N-dealkylation sites (tertiary alicyclic amines) is 1. The van der Waals surface area contributed by atoms with E-state index in [1.54, 1.807) is 18.4 Å². The summed E-state index contributed by atoms with van der Waals surface area (Å²) in [6, 6.07) is 2.78. The van der Waals surface area contributed by atoms with Gasteiger partial charge in [0.2, 0.25) is 0 Å². The Kier molecular flexibility index (Phi) is 7.85. The number of nitrogens with one attached hydrogen (secondary N) is 2. The van der Waals surface area contributed by atoms with E-state index < -0.39 is 0 Å². The number of rotatable bonds is 8. The van der Waals surface area contributed by atoms with E-state index in [0.717, 1.165) is 32.2 Å². The highest BCUT2D eigenvalue weighted by molar-refractivity contribution is 7.07. The number of ether oxygens (including phenoxy) is 1. The summed E-state index contributed by atoms with van der Waals surface area (Å²) < 4.78 is 5.20. The molecule has 0 aliphatic carbocycles. The van der Waals surface area contributed by atoms with Crippen molar-refractivity contribution in [3.63, 3.8) is 0 Å². The predicted molar refractivity (Wildman–Crippen MR) is 98.6 cm³/mol. The number of hydrogen-bond donors (Lipinski definition) is 2. The first-order valence-corrected chi connectivity index (χ1v) is 9.38. The SMILES string of the molecule is CN=C(NCC(C)c1ccsc1)NCC1CCCN1CCOC. The molecule has 1 fully saturated rings. The third-order valence-corrected chi connectivity index (χ3v) is 5.20. The number of methoxy groups -OCH3 is 1. The summed E-state index contributed by atoms with van der Waals surface area (Å²) in [4.78, 5) is 6.85. The molecule has 130 valence electrons. The Morgan fingerprint density at radius 1 is 1.52 bits per heavy atom. The average molecular weight is 339 g/mol. The minimum absolute atomic E-state index is 0.490. The largest absolute Gasteiger partial charge is 0.383 e. The van der Waals surface area contributed by atoms with Crippen molar-refractivity contribution < 1.29 is 4.74 Å². The van der Waals surface area contributed by atoms with Gasteiger partial charge in [-0.2, -0.15) is 11.3 Å². The topological polar surface area (TPSA) is 48.9 Å². The second-order valence-electron chi connectivity index (χ2n) is 6.12. The van der Waals surface area contributed by atoms with E-state index in [9.17, 15) is 0 Å². The van der Waals surface area contributed by atoms with Crippen molar-refractivity contribution in [2.75, 3.05) is 46.9 Å². The summed E-state index contributed by atoms with van der Waals surface area (Å²) >= 11 is 1.75. The van der Waals surface area contributed by atoms with E-state index in [4.69, 9.17) is 4.74 Å². The number of guanidine groups is 1. The second-order valence-corrected chi connectivity index (χ2v) is 6.90. The quantitative estimate of drug-likeness (QED) is 0.563. The van der Waals surface area contributed by atoms with Gasteiger partial charge >= 0.3 is 0 Å². The minimum Gasteiger partial charge on any atom is -0.383 e. The normalized spacial score (nSPS) is 20.7. The molecule has 23 heavy (non-hydrogen) atoms. The molecule has 0 radical (unpaired) electrons. The zero-order valence-electron chi connectivity index (χ0n) is 14.5. The van der Waals surface area contributed by atoms with Crippen molar-refractivity contribution in [3.8, 4) is 0 Å². The van der Waals surface area contributed by atoms with Crippen LogP contribution in [0.25, 0.3) is 0 Å². The first kappa shape index (κ1) is 18.2. The molecule has 2 N–H and O–H groups in total. The predicted octanol–water partition coefficient (Wildman–Crippen LogP) is 2.13. The molecule has 0 spiro atoms. The van der Waals surface area contributed by atoms with Crippen molar-refractivity contribution >= 4 is 17.3 Å². The van der Waals surface area contributed by atoms with E-state index in [-0.39, 0.29) is 0 Å². The van der Waals surface area contributed by atoms with Crippen LogP contribution in [0.3, 0.4) is 0 Å². The van der Waals surface area contributed by atoms with Gasteiger partial charge in [0.15, 0.2) is 5.96 Å². The van der Waals surface area contributed by atoms with E-state index in [2.05, 4.69) is 44.3 Å². The van der Waals surface area contributed by atoms with Crippen molar-refractivity contribution in [2.24, 2.45) is 4.99 Å². The minimum atomic E-state index is 0.490. The zero-order valence-corrected chi connectivity index (χ0v) is 15.4. The van der Waals surface area contributed by atoms with Crippen LogP contribution in [0.5, 0.6) is 0 Å². The Bertz CT molecular complexity index is 463. The Hall–Kier alpha value is -1.11. The lowest BCUT2D eigenvalue weighted by Crippen LogP contribution is -2.46. The van der Waals surface area contributed by atoms with Crippen molar-refractivity contribution in [1.82, 2.24) is 15.5 Å². The van der Waals surface area contributed by atoms with Crippen LogP contribution in [0.2, 0.25) is 0 Å². The van der Waals surface area contributed by atoms with E-state index in [1.165, 1.54) is 24.9 Å². The monoisotopic (exact) mass is 338 g/mol. The lowest BCUT2D eigenvalue weighted by Gasteiger charge is -2.25. The second kappa shape index (κ2) is 9.90. The molecule has 1 aromatic heterocycles. The Morgan fingerprint density at radius 3 is 3.09 bits per heavy atom. The van der Waals surface area contributed by atoms with Crippen LogP contribution in [0.15, 0.2) is 21.8 Å². The fraction of sp³-hybridized carbons (Fsp3) is 0.706. The van der Waals surface area contributed by atoms with Crippen LogP contribution in [-0.2, 0) is 4.74 Å². The molecule has 1 aliphatic rings. The summed E-state index contributed by atoms with van der Waals surface area (Å²) in [6.45, 7) is 7.08. The highest BCUT2D eigenvalue weighted by Gasteiger charge is 2.23. The summed E-state index contributed by atoms with van der Waals surface area (Å²) in [5, 5.41) is 11.3. The van der Waals surface area contributed by atoms with E-state index in [0.29, 0.717) is 12.0 Å². The van der Waals surface area contributed by atoms with Crippen molar-refractivity contribution in [1.29, 1.82) is 0 Å². The number of hydrogen-bond acceptors (Lipinski definition) is 4. The number of aliphatic imine (C=N–C) groups is 1. The summed E-state index contributed by atoms with van der Waals surface area (Å²) in [6.07, 6.45) is 2.52. The molecular weight excluding hydrogens is 308 g/mol. The Balaban J connectivity index is 1.72. The van der Waals surface area contributed by atoms with Gasteiger partial charge in [-0.15, -0.1) is 0 Å². The summed E-state index contributed by atoms with van der Waals surface area (Å²) in [5.41, 5.74) is 1.39. The Morgan fingerprint density at radius 2 is 2.39 bits per heavy atom. The van der Waals surface area contributed by atoms with E-state index >= 15 is 0 Å². The fourth-order valence-corrected chi connectivity index (χ4v) is 3.77. The van der Waals surface area contributed by atoms with Crippen molar-refractivity contribution in [3.05, 3.63) is 22.4 Å². The lowest BCUT2D eigenvalue weighted by atomic mass is 10.1. The van der Waals surface area contributed by atoms with Gasteiger partial charge in [0.1, 0.15) is 0 Å². The van der Waals surface area contributed by atoms with Crippen LogP contribution >= 0.6 is 11.3 Å². The highest BCUT2D eigenvalue weighted by Crippen LogP contribution is 2.17. The molecule has 1 saturated heterocycles. The summed E-state index contributed by atoms with van der Waals surface area (Å²) in [7, 11) is 3.60. The van der Waals surface area contributed by atoms with E-state index in [1.807, 2.05) is 7.05 Å². The smallest absolute Gasteiger partial charge is 0.191 e. The molecule has 5 nitrogen and oxygen atoms in total. The van der Waals surface area contributed by atoms with Gasteiger partial charge in [0, 0.05) is 39.8 Å². The molecule has 0 aromatic carbocycles. The van der Waals surface area contributed by atoms with Gasteiger partial charge in [0.25, 0.3) is 0 Å². The molecule has 2 unspecified atom stereocenters. The van der Waals surface area contributed by atoms with Gasteiger partial charge in [-0.3, -0.25) is 9.89 Å². The maximum Gasteiger partial charge on any atom is 0.191 e. The lowest BCUT2D eigenvalue weighted by molar-refractivity contribution is 0.141. The maximum absolute atomic E-state index is 5.20. The van der Waals surface area contributed by atoms with Crippen LogP contribution in [-0.4, -0.2) is 63.8 Å². The third kappa shape index (κ3) is 5.79. The number of nitrogens with zero attached hydrogens (tertiary/aromatic N) is 2. The molecule has 2 atom stereocenters. The molecule has 1 aliphatic heterocycles. The van der Waals surface area contributed by atoms with Gasteiger partial charge in [-0.1, -0.05) is 6.92 Å². The van der Waals surface area contributed by atoms with Gasteiger partial charge in [-0.05, 0) is 47.7 Å². The highest BCUT2D eigenvalue weighted by atomic mass is 32.1. The molecule has 0 amide bonds. The zero-order chi connectivity index (χ0) is 16.5. The van der Waals surface area contributed by atoms with Crippen LogP contribution in [0, 0.1) is 0 Å². The molecule has 6 heteroatoms. The van der Waals surface area contributed by atoms with Crippen molar-refractivity contribution in [2.45, 2.75) is 31.7 Å². The summed E-state index contributed by atoms with van der Waals surface area (Å²) in [5.74, 6) is 1.38. The van der Waals surface area contributed by atoms with Gasteiger partial charge < -0.3 is 15.4 Å². The third-order valence-electron chi connectivity index (χ3n) is 4.50. The molecule has 0 bridgehead atoms. The average Bonchev–Trinajstić information content (AvgIpc) is 3.24. The standard InChI is InChI=1S/C17H30N4OS/c1-14(15-6-10-23-13-15)11-19-17(18-2)20-12-16-5-4-7-21(16)8-9-22-3/h6,10,13-14,16H,4-5,7-9,11-12H2,1-3H3,(H2,18,19,20). The molecule has 0 saturated carbocycles. The number of thiophene rings is 1. The molecule has 2 rings (SSSR count). The Labute approximate surface area is 144 Å². The maximum atomic E-state index is 5.20. The molecular formula is C17H30N4OS. The molecule has 2 heterocycles. The van der Waals surface area contributed by atoms with Gasteiger partial charge in [0.05, 0.1) is 6.61 Å². The van der Waals surface area contributed by atoms with Crippen LogP contribution < -0.4 is 10.6 Å². The first-order chi connectivity index (χ1) is 11.2.